The molecule has 0 aromatic heterocycles. The van der Waals surface area contributed by atoms with Crippen LogP contribution < -0.4 is 4.72 Å². The third-order valence-corrected chi connectivity index (χ3v) is 4.46. The molecule has 0 radical (unpaired) electrons. The second-order valence-electron chi connectivity index (χ2n) is 3.32. The highest BCUT2D eigenvalue weighted by Crippen LogP contribution is 2.23. The summed E-state index contributed by atoms with van der Waals surface area (Å²) in [4.78, 5) is 0.160. The van der Waals surface area contributed by atoms with E-state index in [1.807, 2.05) is 6.92 Å². The van der Waals surface area contributed by atoms with Gasteiger partial charge in [0.2, 0.25) is 10.0 Å². The van der Waals surface area contributed by atoms with Crippen LogP contribution in [0.1, 0.15) is 18.9 Å². The number of hydrogen-bond donors (Lipinski definition) is 2. The average molecular weight is 308 g/mol. The monoisotopic (exact) mass is 307 g/mol. The van der Waals surface area contributed by atoms with E-state index >= 15 is 0 Å². The standard InChI is InChI=1S/C10H14BrNO3S/c1-2-5-12-16(14,15)10-6-8(7-13)3-4-9(10)11/h3-4,6,12-13H,2,5,7H2,1H3. The van der Waals surface area contributed by atoms with Crippen molar-refractivity contribution in [3.05, 3.63) is 28.2 Å². The molecule has 6 heteroatoms. The van der Waals surface area contributed by atoms with Crippen molar-refractivity contribution in [1.29, 1.82) is 0 Å². The number of rotatable bonds is 5. The maximum atomic E-state index is 11.9. The quantitative estimate of drug-likeness (QED) is 0.869. The summed E-state index contributed by atoms with van der Waals surface area (Å²) in [5.74, 6) is 0. The van der Waals surface area contributed by atoms with Gasteiger partial charge in [0.25, 0.3) is 0 Å². The van der Waals surface area contributed by atoms with Crippen molar-refractivity contribution in [2.45, 2.75) is 24.8 Å². The molecule has 0 saturated carbocycles. The van der Waals surface area contributed by atoms with Crippen LogP contribution in [0, 0.1) is 0 Å². The number of halogens is 1. The molecule has 0 amide bonds. The zero-order valence-corrected chi connectivity index (χ0v) is 11.3. The number of hydrogen-bond acceptors (Lipinski definition) is 3. The van der Waals surface area contributed by atoms with Crippen LogP contribution in [0.2, 0.25) is 0 Å². The number of aliphatic hydroxyl groups excluding tert-OH is 1. The highest BCUT2D eigenvalue weighted by Gasteiger charge is 2.17. The first-order valence-corrected chi connectivity index (χ1v) is 7.18. The van der Waals surface area contributed by atoms with Gasteiger partial charge in [0, 0.05) is 11.0 Å². The molecule has 0 saturated heterocycles. The molecule has 0 aliphatic rings. The van der Waals surface area contributed by atoms with E-state index in [4.69, 9.17) is 5.11 Å². The van der Waals surface area contributed by atoms with E-state index in [9.17, 15) is 8.42 Å². The third-order valence-electron chi connectivity index (χ3n) is 2.01. The lowest BCUT2D eigenvalue weighted by Gasteiger charge is -2.08. The van der Waals surface area contributed by atoms with E-state index in [0.29, 0.717) is 16.6 Å². The van der Waals surface area contributed by atoms with Gasteiger partial charge in [-0.25, -0.2) is 13.1 Å². The van der Waals surface area contributed by atoms with Crippen molar-refractivity contribution in [3.8, 4) is 0 Å². The first-order valence-electron chi connectivity index (χ1n) is 4.90. The van der Waals surface area contributed by atoms with Crippen LogP contribution in [0.4, 0.5) is 0 Å². The normalized spacial score (nSPS) is 11.7. The molecular formula is C10H14BrNO3S. The maximum absolute atomic E-state index is 11.9. The summed E-state index contributed by atoms with van der Waals surface area (Å²) < 4.78 is 26.7. The lowest BCUT2D eigenvalue weighted by atomic mass is 10.2. The Balaban J connectivity index is 3.11. The SMILES string of the molecule is CCCNS(=O)(=O)c1cc(CO)ccc1Br. The van der Waals surface area contributed by atoms with Crippen molar-refractivity contribution in [3.63, 3.8) is 0 Å². The van der Waals surface area contributed by atoms with E-state index in [2.05, 4.69) is 20.7 Å². The number of benzene rings is 1. The second-order valence-corrected chi connectivity index (χ2v) is 5.91. The van der Waals surface area contributed by atoms with Gasteiger partial charge in [-0.3, -0.25) is 0 Å². The van der Waals surface area contributed by atoms with E-state index < -0.39 is 10.0 Å². The highest BCUT2D eigenvalue weighted by atomic mass is 79.9. The van der Waals surface area contributed by atoms with Crippen LogP contribution in [-0.4, -0.2) is 20.1 Å². The smallest absolute Gasteiger partial charge is 0.241 e. The molecular weight excluding hydrogens is 294 g/mol. The van der Waals surface area contributed by atoms with Gasteiger partial charge in [0.15, 0.2) is 0 Å². The summed E-state index contributed by atoms with van der Waals surface area (Å²) in [7, 11) is -3.49. The topological polar surface area (TPSA) is 66.4 Å². The van der Waals surface area contributed by atoms with Crippen molar-refractivity contribution < 1.29 is 13.5 Å². The molecule has 90 valence electrons. The molecule has 0 spiro atoms. The minimum Gasteiger partial charge on any atom is -0.392 e. The Labute approximate surface area is 104 Å². The molecule has 4 nitrogen and oxygen atoms in total. The Kier molecular flexibility index (Phi) is 4.91. The summed E-state index contributed by atoms with van der Waals surface area (Å²) in [6, 6.07) is 4.75. The maximum Gasteiger partial charge on any atom is 0.241 e. The second kappa shape index (κ2) is 5.77. The predicted molar refractivity (Wildman–Crippen MR) is 65.5 cm³/mol. The summed E-state index contributed by atoms with van der Waals surface area (Å²) in [6.45, 7) is 2.11. The Morgan fingerprint density at radius 2 is 2.12 bits per heavy atom. The lowest BCUT2D eigenvalue weighted by molar-refractivity contribution is 0.281. The Hall–Kier alpha value is -0.430. The van der Waals surface area contributed by atoms with Gasteiger partial charge < -0.3 is 5.11 Å². The van der Waals surface area contributed by atoms with Gasteiger partial charge in [-0.05, 0) is 40.0 Å². The largest absolute Gasteiger partial charge is 0.392 e. The van der Waals surface area contributed by atoms with Crippen LogP contribution in [0.25, 0.3) is 0 Å². The van der Waals surface area contributed by atoms with E-state index in [1.165, 1.54) is 6.07 Å². The number of aliphatic hydroxyl groups is 1. The van der Waals surface area contributed by atoms with Crippen molar-refractivity contribution in [1.82, 2.24) is 4.72 Å². The molecule has 1 aromatic carbocycles. The molecule has 0 unspecified atom stereocenters. The van der Waals surface area contributed by atoms with Crippen LogP contribution >= 0.6 is 15.9 Å². The minimum absolute atomic E-state index is 0.160. The fourth-order valence-corrected chi connectivity index (χ4v) is 3.31. The molecule has 1 aromatic rings. The zero-order chi connectivity index (χ0) is 12.2. The van der Waals surface area contributed by atoms with E-state index in [-0.39, 0.29) is 11.5 Å². The molecule has 1 rings (SSSR count). The molecule has 0 aliphatic carbocycles. The number of nitrogens with one attached hydrogen (secondary N) is 1. The predicted octanol–water partition coefficient (Wildman–Crippen LogP) is 1.63. The summed E-state index contributed by atoms with van der Waals surface area (Å²) >= 11 is 3.19. The Morgan fingerprint density at radius 3 is 2.69 bits per heavy atom. The minimum atomic E-state index is -3.49. The van der Waals surface area contributed by atoms with Gasteiger partial charge in [0.05, 0.1) is 11.5 Å². The summed E-state index contributed by atoms with van der Waals surface area (Å²) in [5.41, 5.74) is 0.570. The van der Waals surface area contributed by atoms with Crippen LogP contribution in [-0.2, 0) is 16.6 Å². The molecule has 0 heterocycles. The van der Waals surface area contributed by atoms with Crippen molar-refractivity contribution >= 4 is 26.0 Å². The lowest BCUT2D eigenvalue weighted by Crippen LogP contribution is -2.24. The van der Waals surface area contributed by atoms with Gasteiger partial charge in [-0.1, -0.05) is 13.0 Å². The van der Waals surface area contributed by atoms with Crippen molar-refractivity contribution in [2.75, 3.05) is 6.54 Å². The molecule has 0 atom stereocenters. The van der Waals surface area contributed by atoms with Crippen LogP contribution in [0.15, 0.2) is 27.6 Å². The van der Waals surface area contributed by atoms with Crippen molar-refractivity contribution in [2.24, 2.45) is 0 Å². The first-order chi connectivity index (χ1) is 7.51. The van der Waals surface area contributed by atoms with Gasteiger partial charge in [-0.15, -0.1) is 0 Å². The molecule has 0 aliphatic heterocycles. The Morgan fingerprint density at radius 1 is 1.44 bits per heavy atom. The van der Waals surface area contributed by atoms with Gasteiger partial charge in [-0.2, -0.15) is 0 Å². The molecule has 2 N–H and O–H groups in total. The Bertz CT molecular complexity index is 459. The third kappa shape index (κ3) is 3.28. The fourth-order valence-electron chi connectivity index (χ4n) is 1.17. The van der Waals surface area contributed by atoms with E-state index in [0.717, 1.165) is 6.42 Å². The van der Waals surface area contributed by atoms with Gasteiger partial charge >= 0.3 is 0 Å². The number of sulfonamides is 1. The highest BCUT2D eigenvalue weighted by molar-refractivity contribution is 9.10. The van der Waals surface area contributed by atoms with Crippen LogP contribution in [0.3, 0.4) is 0 Å². The molecule has 16 heavy (non-hydrogen) atoms. The van der Waals surface area contributed by atoms with E-state index in [1.54, 1.807) is 12.1 Å². The van der Waals surface area contributed by atoms with Gasteiger partial charge in [0.1, 0.15) is 0 Å². The summed E-state index contributed by atoms with van der Waals surface area (Å²) in [5, 5.41) is 8.96. The average Bonchev–Trinajstić information content (AvgIpc) is 2.27. The zero-order valence-electron chi connectivity index (χ0n) is 8.90. The molecule has 0 bridgehead atoms. The first kappa shape index (κ1) is 13.6. The molecule has 0 fully saturated rings. The fraction of sp³-hybridized carbons (Fsp3) is 0.400. The van der Waals surface area contributed by atoms with Crippen LogP contribution in [0.5, 0.6) is 0 Å². The summed E-state index contributed by atoms with van der Waals surface area (Å²) in [6.07, 6.45) is 0.733.